The van der Waals surface area contributed by atoms with Gasteiger partial charge in [-0.25, -0.2) is 0 Å². The van der Waals surface area contributed by atoms with Gasteiger partial charge in [0.1, 0.15) is 5.71 Å². The summed E-state index contributed by atoms with van der Waals surface area (Å²) in [6.07, 6.45) is 3.90. The molecule has 0 N–H and O–H groups in total. The Morgan fingerprint density at radius 1 is 0.759 bits per heavy atom. The van der Waals surface area contributed by atoms with E-state index in [1.165, 1.54) is 28.1 Å². The molecule has 142 valence electrons. The molecule has 0 bridgehead atoms. The maximum absolute atomic E-state index is 4.61. The number of allylic oxidation sites excluding steroid dienone is 2. The van der Waals surface area contributed by atoms with Crippen molar-refractivity contribution in [2.45, 2.75) is 19.3 Å². The Bertz CT molecular complexity index is 1150. The van der Waals surface area contributed by atoms with Crippen LogP contribution in [0.5, 0.6) is 0 Å². The molecule has 1 aliphatic carbocycles. The van der Waals surface area contributed by atoms with Gasteiger partial charge in [0.2, 0.25) is 0 Å². The van der Waals surface area contributed by atoms with Gasteiger partial charge in [0, 0.05) is 35.0 Å². The maximum Gasteiger partial charge on any atom is 0.101 e. The van der Waals surface area contributed by atoms with Crippen molar-refractivity contribution in [2.75, 3.05) is 11.9 Å². The molecule has 3 aromatic rings. The Balaban J connectivity index is 1.50. The van der Waals surface area contributed by atoms with Gasteiger partial charge in [-0.15, -0.1) is 5.10 Å². The molecule has 0 saturated carbocycles. The summed E-state index contributed by atoms with van der Waals surface area (Å²) < 4.78 is 0. The molecule has 0 aromatic heterocycles. The maximum atomic E-state index is 4.61. The lowest BCUT2D eigenvalue weighted by molar-refractivity contribution is 0.641. The van der Waals surface area contributed by atoms with Crippen molar-refractivity contribution in [3.8, 4) is 11.1 Å². The zero-order chi connectivity index (χ0) is 20.0. The average molecular weight is 377 g/mol. The molecule has 29 heavy (non-hydrogen) atoms. The topological polar surface area (TPSA) is 28.0 Å². The first-order chi connectivity index (χ1) is 14.1. The largest absolute Gasteiger partial charge is 0.347 e. The second kappa shape index (κ2) is 6.56. The van der Waals surface area contributed by atoms with Crippen LogP contribution >= 0.6 is 0 Å². The number of hydrogen-bond donors (Lipinski definition) is 0. The van der Waals surface area contributed by atoms with Gasteiger partial charge in [-0.3, -0.25) is 0 Å². The summed E-state index contributed by atoms with van der Waals surface area (Å²) >= 11 is 0. The van der Waals surface area contributed by atoms with Crippen LogP contribution in [0.1, 0.15) is 30.5 Å². The molecule has 0 saturated heterocycles. The van der Waals surface area contributed by atoms with E-state index in [-0.39, 0.29) is 5.41 Å². The van der Waals surface area contributed by atoms with Crippen molar-refractivity contribution in [2.24, 2.45) is 10.2 Å². The highest BCUT2D eigenvalue weighted by atomic mass is 15.2. The van der Waals surface area contributed by atoms with Crippen LogP contribution in [0.4, 0.5) is 5.69 Å². The third-order valence-electron chi connectivity index (χ3n) is 6.05. The summed E-state index contributed by atoms with van der Waals surface area (Å²) in [6.45, 7) is 4.51. The Morgan fingerprint density at radius 3 is 1.93 bits per heavy atom. The summed E-state index contributed by atoms with van der Waals surface area (Å²) in [5.41, 5.74) is 9.42. The second-order valence-corrected chi connectivity index (χ2v) is 8.06. The van der Waals surface area contributed by atoms with E-state index >= 15 is 0 Å². The van der Waals surface area contributed by atoms with Crippen molar-refractivity contribution >= 4 is 17.6 Å². The lowest BCUT2D eigenvalue weighted by atomic mass is 9.84. The smallest absolute Gasteiger partial charge is 0.101 e. The Kier molecular flexibility index (Phi) is 3.99. The first-order valence-corrected chi connectivity index (χ1v) is 9.93. The predicted octanol–water partition coefficient (Wildman–Crippen LogP) is 5.80. The molecular formula is C26H23N3. The van der Waals surface area contributed by atoms with E-state index in [1.54, 1.807) is 0 Å². The quantitative estimate of drug-likeness (QED) is 0.320. The standard InChI is InChI=1S/C26H23N3/c1-26(2)22-14-8-9-15-23(22)29(3)24(26)16-17-27-28-25-20-12-6-4-10-18(20)19-11-5-7-13-21(19)25/h4-17H,1-3H3/b24-16+,27-17+. The van der Waals surface area contributed by atoms with E-state index in [1.807, 2.05) is 6.21 Å². The predicted molar refractivity (Wildman–Crippen MR) is 122 cm³/mol. The van der Waals surface area contributed by atoms with Crippen LogP contribution in [0.25, 0.3) is 11.1 Å². The van der Waals surface area contributed by atoms with Crippen molar-refractivity contribution in [3.63, 3.8) is 0 Å². The van der Waals surface area contributed by atoms with Gasteiger partial charge in [0.05, 0.1) is 6.21 Å². The third-order valence-corrected chi connectivity index (χ3v) is 6.05. The summed E-state index contributed by atoms with van der Waals surface area (Å²) in [5.74, 6) is 0. The SMILES string of the molecule is CN1/C(=C/C=N/N=C2c3ccccc3-c3ccccc32)C(C)(C)c2ccccc21. The Morgan fingerprint density at radius 2 is 1.31 bits per heavy atom. The van der Waals surface area contributed by atoms with Gasteiger partial charge in [-0.1, -0.05) is 80.6 Å². The molecule has 0 atom stereocenters. The first-order valence-electron chi connectivity index (χ1n) is 9.93. The van der Waals surface area contributed by atoms with Gasteiger partial charge >= 0.3 is 0 Å². The van der Waals surface area contributed by atoms with Crippen LogP contribution in [0, 0.1) is 0 Å². The van der Waals surface area contributed by atoms with Gasteiger partial charge in [-0.05, 0) is 28.8 Å². The summed E-state index contributed by atoms with van der Waals surface area (Å²) in [6, 6.07) is 25.3. The minimum Gasteiger partial charge on any atom is -0.347 e. The molecule has 3 heteroatoms. The van der Waals surface area contributed by atoms with E-state index in [0.717, 1.165) is 16.8 Å². The molecule has 0 fully saturated rings. The summed E-state index contributed by atoms with van der Waals surface area (Å²) in [7, 11) is 2.11. The third kappa shape index (κ3) is 2.65. The zero-order valence-electron chi connectivity index (χ0n) is 16.9. The Hall–Kier alpha value is -3.46. The zero-order valence-corrected chi connectivity index (χ0v) is 16.9. The van der Waals surface area contributed by atoms with Crippen LogP contribution in [-0.4, -0.2) is 19.0 Å². The number of para-hydroxylation sites is 1. The minimum atomic E-state index is -0.0585. The molecular weight excluding hydrogens is 354 g/mol. The summed E-state index contributed by atoms with van der Waals surface area (Å²) in [5, 5.41) is 9.05. The minimum absolute atomic E-state index is 0.0585. The Labute approximate surface area is 171 Å². The molecule has 2 aliphatic rings. The van der Waals surface area contributed by atoms with Crippen LogP contribution in [0.3, 0.4) is 0 Å². The lowest BCUT2D eigenvalue weighted by Crippen LogP contribution is -2.23. The molecule has 3 nitrogen and oxygen atoms in total. The number of nitrogens with zero attached hydrogens (tertiary/aromatic N) is 3. The molecule has 0 radical (unpaired) electrons. The van der Waals surface area contributed by atoms with Crippen molar-refractivity contribution in [1.29, 1.82) is 0 Å². The fourth-order valence-electron chi connectivity index (χ4n) is 4.60. The number of fused-ring (bicyclic) bond motifs is 4. The van der Waals surface area contributed by atoms with Gasteiger partial charge in [0.15, 0.2) is 0 Å². The van der Waals surface area contributed by atoms with E-state index in [9.17, 15) is 0 Å². The van der Waals surface area contributed by atoms with E-state index < -0.39 is 0 Å². The van der Waals surface area contributed by atoms with E-state index in [2.05, 4.69) is 115 Å². The molecule has 1 heterocycles. The van der Waals surface area contributed by atoms with Crippen molar-refractivity contribution < 1.29 is 0 Å². The average Bonchev–Trinajstić information content (AvgIpc) is 3.16. The molecule has 0 unspecified atom stereocenters. The molecule has 0 amide bonds. The van der Waals surface area contributed by atoms with Crippen LogP contribution in [-0.2, 0) is 5.41 Å². The number of anilines is 1. The molecule has 1 aliphatic heterocycles. The van der Waals surface area contributed by atoms with Gasteiger partial charge < -0.3 is 4.90 Å². The number of likely N-dealkylation sites (N-methyl/N-ethyl adjacent to an activating group) is 1. The highest BCUT2D eigenvalue weighted by Gasteiger charge is 2.37. The van der Waals surface area contributed by atoms with Gasteiger partial charge in [0.25, 0.3) is 0 Å². The highest BCUT2D eigenvalue weighted by Crippen LogP contribution is 2.46. The summed E-state index contributed by atoms with van der Waals surface area (Å²) in [4.78, 5) is 2.24. The fourth-order valence-corrected chi connectivity index (χ4v) is 4.60. The van der Waals surface area contributed by atoms with Crippen molar-refractivity contribution in [1.82, 2.24) is 0 Å². The molecule has 3 aromatic carbocycles. The number of hydrogen-bond acceptors (Lipinski definition) is 3. The van der Waals surface area contributed by atoms with Crippen LogP contribution in [0.2, 0.25) is 0 Å². The molecule has 0 spiro atoms. The normalized spacial score (nSPS) is 17.6. The molecule has 5 rings (SSSR count). The second-order valence-electron chi connectivity index (χ2n) is 8.06. The fraction of sp³-hybridized carbons (Fsp3) is 0.154. The highest BCUT2D eigenvalue weighted by molar-refractivity contribution is 6.24. The van der Waals surface area contributed by atoms with Crippen LogP contribution in [0.15, 0.2) is 94.8 Å². The van der Waals surface area contributed by atoms with Crippen LogP contribution < -0.4 is 4.90 Å². The van der Waals surface area contributed by atoms with E-state index in [0.29, 0.717) is 0 Å². The number of rotatable bonds is 2. The lowest BCUT2D eigenvalue weighted by Gasteiger charge is -2.23. The van der Waals surface area contributed by atoms with E-state index in [4.69, 9.17) is 0 Å². The van der Waals surface area contributed by atoms with Crippen molar-refractivity contribution in [3.05, 3.63) is 101 Å². The number of benzene rings is 3. The first kappa shape index (κ1) is 17.6. The monoisotopic (exact) mass is 377 g/mol. The van der Waals surface area contributed by atoms with Gasteiger partial charge in [-0.2, -0.15) is 5.10 Å².